The van der Waals surface area contributed by atoms with Crippen LogP contribution < -0.4 is 5.32 Å². The van der Waals surface area contributed by atoms with E-state index in [2.05, 4.69) is 21.2 Å². The van der Waals surface area contributed by atoms with Gasteiger partial charge in [0.2, 0.25) is 0 Å². The van der Waals surface area contributed by atoms with E-state index >= 15 is 0 Å². The highest BCUT2D eigenvalue weighted by Crippen LogP contribution is 2.22. The van der Waals surface area contributed by atoms with E-state index < -0.39 is 5.54 Å². The van der Waals surface area contributed by atoms with Crippen LogP contribution in [0, 0.1) is 0 Å². The average Bonchev–Trinajstić information content (AvgIpc) is 2.30. The molecule has 0 aliphatic heterocycles. The first-order chi connectivity index (χ1) is 7.50. The van der Waals surface area contributed by atoms with Gasteiger partial charge in [-0.3, -0.25) is 0 Å². The third kappa shape index (κ3) is 3.45. The molecule has 0 heterocycles. The van der Waals surface area contributed by atoms with Gasteiger partial charge in [0.1, 0.15) is 5.75 Å². The number of phenolic OH excluding ortho intramolecular Hbond substituents is 1. The van der Waals surface area contributed by atoms with E-state index in [1.54, 1.807) is 25.1 Å². The second-order valence-electron chi connectivity index (χ2n) is 4.01. The molecule has 5 heteroatoms. The van der Waals surface area contributed by atoms with Gasteiger partial charge < -0.3 is 20.6 Å². The number of rotatable bonds is 5. The summed E-state index contributed by atoms with van der Waals surface area (Å²) in [6.07, 6.45) is 0. The van der Waals surface area contributed by atoms with Crippen molar-refractivity contribution >= 4 is 15.9 Å². The van der Waals surface area contributed by atoms with Crippen molar-refractivity contribution in [3.05, 3.63) is 28.2 Å². The maximum absolute atomic E-state index is 9.33. The van der Waals surface area contributed by atoms with E-state index in [4.69, 9.17) is 10.2 Å². The number of hydrogen-bond donors (Lipinski definition) is 4. The molecular weight excluding hydrogens is 274 g/mol. The number of benzene rings is 1. The summed E-state index contributed by atoms with van der Waals surface area (Å²) in [6.45, 7) is 1.87. The summed E-state index contributed by atoms with van der Waals surface area (Å²) in [5.41, 5.74) is 0.151. The van der Waals surface area contributed by atoms with Crippen LogP contribution in [0.1, 0.15) is 12.5 Å². The Bertz CT molecular complexity index is 353. The van der Waals surface area contributed by atoms with Gasteiger partial charge in [0.05, 0.1) is 18.8 Å². The van der Waals surface area contributed by atoms with E-state index in [-0.39, 0.29) is 19.0 Å². The molecule has 1 rings (SSSR count). The van der Waals surface area contributed by atoms with Gasteiger partial charge in [-0.15, -0.1) is 0 Å². The molecule has 16 heavy (non-hydrogen) atoms. The molecule has 0 unspecified atom stereocenters. The first-order valence-corrected chi connectivity index (χ1v) is 5.74. The second kappa shape index (κ2) is 5.63. The summed E-state index contributed by atoms with van der Waals surface area (Å²) >= 11 is 3.37. The van der Waals surface area contributed by atoms with Crippen LogP contribution in [-0.4, -0.2) is 34.1 Å². The lowest BCUT2D eigenvalue weighted by Gasteiger charge is -2.26. The van der Waals surface area contributed by atoms with Crippen LogP contribution in [0.3, 0.4) is 0 Å². The molecule has 0 radical (unpaired) electrons. The third-order valence-electron chi connectivity index (χ3n) is 2.43. The SMILES string of the molecule is CC(CO)(CO)NCc1cc(O)ccc1Br. The molecule has 0 aliphatic rings. The highest BCUT2D eigenvalue weighted by Gasteiger charge is 2.21. The minimum Gasteiger partial charge on any atom is -0.508 e. The minimum atomic E-state index is -0.717. The molecule has 0 saturated carbocycles. The van der Waals surface area contributed by atoms with Crippen LogP contribution in [0.2, 0.25) is 0 Å². The van der Waals surface area contributed by atoms with Crippen molar-refractivity contribution in [2.75, 3.05) is 13.2 Å². The van der Waals surface area contributed by atoms with Crippen LogP contribution >= 0.6 is 15.9 Å². The van der Waals surface area contributed by atoms with Gasteiger partial charge in [-0.05, 0) is 30.7 Å². The highest BCUT2D eigenvalue weighted by atomic mass is 79.9. The molecule has 0 atom stereocenters. The number of halogens is 1. The molecule has 4 nitrogen and oxygen atoms in total. The Morgan fingerprint density at radius 1 is 1.31 bits per heavy atom. The molecule has 4 N–H and O–H groups in total. The zero-order chi connectivity index (χ0) is 12.2. The van der Waals surface area contributed by atoms with Crippen molar-refractivity contribution in [3.63, 3.8) is 0 Å². The Kier molecular flexibility index (Phi) is 4.73. The van der Waals surface area contributed by atoms with E-state index in [9.17, 15) is 5.11 Å². The normalized spacial score (nSPS) is 11.8. The maximum atomic E-state index is 9.33. The highest BCUT2D eigenvalue weighted by molar-refractivity contribution is 9.10. The van der Waals surface area contributed by atoms with Gasteiger partial charge in [-0.25, -0.2) is 0 Å². The van der Waals surface area contributed by atoms with Crippen LogP contribution in [0.5, 0.6) is 5.75 Å². The Morgan fingerprint density at radius 2 is 1.94 bits per heavy atom. The van der Waals surface area contributed by atoms with Gasteiger partial charge in [0.25, 0.3) is 0 Å². The Morgan fingerprint density at radius 3 is 2.50 bits per heavy atom. The molecule has 90 valence electrons. The average molecular weight is 290 g/mol. The lowest BCUT2D eigenvalue weighted by atomic mass is 10.0. The smallest absolute Gasteiger partial charge is 0.115 e. The Balaban J connectivity index is 2.70. The molecule has 0 bridgehead atoms. The largest absolute Gasteiger partial charge is 0.508 e. The quantitative estimate of drug-likeness (QED) is 0.652. The second-order valence-corrected chi connectivity index (χ2v) is 4.86. The standard InChI is InChI=1S/C11H16BrNO3/c1-11(6-14,7-15)13-5-8-4-9(16)2-3-10(8)12/h2-4,13-16H,5-7H2,1H3. The number of aliphatic hydroxyl groups is 2. The minimum absolute atomic E-state index is 0.153. The summed E-state index contributed by atoms with van der Waals surface area (Å²) in [7, 11) is 0. The van der Waals surface area contributed by atoms with E-state index in [1.165, 1.54) is 0 Å². The van der Waals surface area contributed by atoms with Crippen LogP contribution in [0.4, 0.5) is 0 Å². The summed E-state index contributed by atoms with van der Waals surface area (Å²) < 4.78 is 0.871. The number of hydrogen-bond acceptors (Lipinski definition) is 4. The number of phenols is 1. The van der Waals surface area contributed by atoms with Crippen LogP contribution in [-0.2, 0) is 6.54 Å². The van der Waals surface area contributed by atoms with Crippen molar-refractivity contribution in [3.8, 4) is 5.75 Å². The zero-order valence-corrected chi connectivity index (χ0v) is 10.7. The van der Waals surface area contributed by atoms with Gasteiger partial charge >= 0.3 is 0 Å². The molecule has 0 saturated heterocycles. The maximum Gasteiger partial charge on any atom is 0.115 e. The lowest BCUT2D eigenvalue weighted by Crippen LogP contribution is -2.48. The summed E-state index contributed by atoms with van der Waals surface area (Å²) in [4.78, 5) is 0. The lowest BCUT2D eigenvalue weighted by molar-refractivity contribution is 0.103. The fourth-order valence-electron chi connectivity index (χ4n) is 1.17. The molecule has 0 aromatic heterocycles. The Labute approximate surface area is 103 Å². The van der Waals surface area contributed by atoms with E-state index in [1.807, 2.05) is 0 Å². The van der Waals surface area contributed by atoms with Crippen LogP contribution in [0.15, 0.2) is 22.7 Å². The predicted molar refractivity (Wildman–Crippen MR) is 65.2 cm³/mol. The molecule has 1 aromatic rings. The first-order valence-electron chi connectivity index (χ1n) is 4.95. The van der Waals surface area contributed by atoms with Crippen LogP contribution in [0.25, 0.3) is 0 Å². The molecule has 1 aromatic carbocycles. The van der Waals surface area contributed by atoms with Gasteiger partial charge in [-0.2, -0.15) is 0 Å². The van der Waals surface area contributed by atoms with E-state index in [0.29, 0.717) is 6.54 Å². The van der Waals surface area contributed by atoms with Gasteiger partial charge in [-0.1, -0.05) is 15.9 Å². The summed E-state index contributed by atoms with van der Waals surface area (Å²) in [6, 6.07) is 4.97. The zero-order valence-electron chi connectivity index (χ0n) is 9.07. The number of aromatic hydroxyl groups is 1. The van der Waals surface area contributed by atoms with Crippen molar-refractivity contribution < 1.29 is 15.3 Å². The number of nitrogens with one attached hydrogen (secondary N) is 1. The van der Waals surface area contributed by atoms with Crippen molar-refractivity contribution in [1.29, 1.82) is 0 Å². The van der Waals surface area contributed by atoms with Gasteiger partial charge in [0.15, 0.2) is 0 Å². The molecular formula is C11H16BrNO3. The molecule has 0 spiro atoms. The fraction of sp³-hybridized carbons (Fsp3) is 0.455. The monoisotopic (exact) mass is 289 g/mol. The first kappa shape index (κ1) is 13.4. The summed E-state index contributed by atoms with van der Waals surface area (Å²) in [5, 5.41) is 30.6. The Hall–Kier alpha value is -0.620. The fourth-order valence-corrected chi connectivity index (χ4v) is 1.55. The van der Waals surface area contributed by atoms with Crippen molar-refractivity contribution in [1.82, 2.24) is 5.32 Å². The predicted octanol–water partition coefficient (Wildman–Crippen LogP) is 0.988. The topological polar surface area (TPSA) is 72.7 Å². The van der Waals surface area contributed by atoms with Crippen molar-refractivity contribution in [2.24, 2.45) is 0 Å². The van der Waals surface area contributed by atoms with Gasteiger partial charge in [0, 0.05) is 11.0 Å². The number of aliphatic hydroxyl groups excluding tert-OH is 2. The molecule has 0 amide bonds. The van der Waals surface area contributed by atoms with Crippen molar-refractivity contribution in [2.45, 2.75) is 19.0 Å². The third-order valence-corrected chi connectivity index (χ3v) is 3.21. The molecule has 0 fully saturated rings. The van der Waals surface area contributed by atoms with E-state index in [0.717, 1.165) is 10.0 Å². The molecule has 0 aliphatic carbocycles. The summed E-state index contributed by atoms with van der Waals surface area (Å²) in [5.74, 6) is 0.190.